The average molecular weight is 413 g/mol. The summed E-state index contributed by atoms with van der Waals surface area (Å²) < 4.78 is 38.5. The second-order valence-electron chi connectivity index (χ2n) is 7.60. The van der Waals surface area contributed by atoms with E-state index in [1.165, 1.54) is 0 Å². The van der Waals surface area contributed by atoms with Gasteiger partial charge in [0, 0.05) is 29.9 Å². The summed E-state index contributed by atoms with van der Waals surface area (Å²) >= 11 is 0. The standard InChI is InChI=1S/C23H22F3N3O/c1-15-27-21-3-2-12-29(13-16-4-8-18(9-5-16)23(24,25)26)14-20(21)22(28-15)17-6-10-19(30)11-7-17/h4-11,30H,2-3,12-14H2,1H3. The molecule has 7 heteroatoms. The number of aryl methyl sites for hydroxylation is 2. The maximum absolute atomic E-state index is 12.8. The summed E-state index contributed by atoms with van der Waals surface area (Å²) in [6.45, 7) is 3.87. The Kier molecular flexibility index (Phi) is 5.47. The van der Waals surface area contributed by atoms with E-state index in [-0.39, 0.29) is 5.75 Å². The van der Waals surface area contributed by atoms with Crippen LogP contribution in [0.1, 0.15) is 34.6 Å². The Morgan fingerprint density at radius 3 is 2.37 bits per heavy atom. The highest BCUT2D eigenvalue weighted by atomic mass is 19.4. The predicted molar refractivity (Wildman–Crippen MR) is 108 cm³/mol. The molecule has 0 atom stereocenters. The van der Waals surface area contributed by atoms with Gasteiger partial charge in [-0.25, -0.2) is 9.97 Å². The van der Waals surface area contributed by atoms with Crippen LogP contribution >= 0.6 is 0 Å². The van der Waals surface area contributed by atoms with E-state index in [1.54, 1.807) is 24.3 Å². The van der Waals surface area contributed by atoms with Gasteiger partial charge in [0.1, 0.15) is 11.6 Å². The van der Waals surface area contributed by atoms with E-state index in [1.807, 2.05) is 19.1 Å². The number of hydrogen-bond acceptors (Lipinski definition) is 4. The predicted octanol–water partition coefficient (Wildman–Crippen LogP) is 5.12. The summed E-state index contributed by atoms with van der Waals surface area (Å²) in [5.41, 5.74) is 4.01. The van der Waals surface area contributed by atoms with Gasteiger partial charge >= 0.3 is 6.18 Å². The lowest BCUT2D eigenvalue weighted by Crippen LogP contribution is -2.23. The molecular formula is C23H22F3N3O. The topological polar surface area (TPSA) is 49.3 Å². The lowest BCUT2D eigenvalue weighted by Gasteiger charge is -2.22. The van der Waals surface area contributed by atoms with Crippen LogP contribution in [0.5, 0.6) is 5.75 Å². The smallest absolute Gasteiger partial charge is 0.416 e. The van der Waals surface area contributed by atoms with E-state index in [0.29, 0.717) is 18.9 Å². The quantitative estimate of drug-likeness (QED) is 0.647. The van der Waals surface area contributed by atoms with Gasteiger partial charge < -0.3 is 5.11 Å². The van der Waals surface area contributed by atoms with Crippen LogP contribution in [0.25, 0.3) is 11.3 Å². The van der Waals surface area contributed by atoms with Crippen LogP contribution in [0.2, 0.25) is 0 Å². The molecule has 0 unspecified atom stereocenters. The van der Waals surface area contributed by atoms with Gasteiger partial charge in [0.25, 0.3) is 0 Å². The second kappa shape index (κ2) is 8.07. The van der Waals surface area contributed by atoms with Gasteiger partial charge in [0.05, 0.1) is 11.3 Å². The van der Waals surface area contributed by atoms with Crippen LogP contribution in [-0.4, -0.2) is 26.5 Å². The first kappa shape index (κ1) is 20.3. The summed E-state index contributed by atoms with van der Waals surface area (Å²) in [5.74, 6) is 0.896. The molecule has 4 nitrogen and oxygen atoms in total. The third kappa shape index (κ3) is 4.46. The van der Waals surface area contributed by atoms with Crippen LogP contribution < -0.4 is 0 Å². The number of alkyl halides is 3. The van der Waals surface area contributed by atoms with Crippen molar-refractivity contribution in [3.63, 3.8) is 0 Å². The lowest BCUT2D eigenvalue weighted by atomic mass is 10.0. The molecule has 0 aliphatic carbocycles. The van der Waals surface area contributed by atoms with Crippen molar-refractivity contribution in [3.05, 3.63) is 76.7 Å². The van der Waals surface area contributed by atoms with Crippen molar-refractivity contribution in [2.45, 2.75) is 39.0 Å². The van der Waals surface area contributed by atoms with Crippen LogP contribution in [0.15, 0.2) is 48.5 Å². The Morgan fingerprint density at radius 1 is 1.00 bits per heavy atom. The molecule has 0 spiro atoms. The molecule has 0 saturated carbocycles. The van der Waals surface area contributed by atoms with Gasteiger partial charge in [0.2, 0.25) is 0 Å². The number of fused-ring (bicyclic) bond motifs is 1. The third-order valence-electron chi connectivity index (χ3n) is 5.30. The van der Waals surface area contributed by atoms with Crippen molar-refractivity contribution in [3.8, 4) is 17.0 Å². The molecule has 1 aromatic heterocycles. The number of rotatable bonds is 3. The molecule has 156 valence electrons. The molecule has 1 aliphatic rings. The number of aromatic nitrogens is 2. The average Bonchev–Trinajstić information content (AvgIpc) is 2.89. The largest absolute Gasteiger partial charge is 0.508 e. The number of benzene rings is 2. The van der Waals surface area contributed by atoms with Crippen molar-refractivity contribution in [1.29, 1.82) is 0 Å². The molecule has 0 bridgehead atoms. The summed E-state index contributed by atoms with van der Waals surface area (Å²) in [6.07, 6.45) is -2.58. The van der Waals surface area contributed by atoms with Crippen molar-refractivity contribution in [2.24, 2.45) is 0 Å². The van der Waals surface area contributed by atoms with Crippen LogP contribution in [0, 0.1) is 6.92 Å². The van der Waals surface area contributed by atoms with Crippen molar-refractivity contribution < 1.29 is 18.3 Å². The number of phenolic OH excluding ortho intramolecular Hbond substituents is 1. The van der Waals surface area contributed by atoms with E-state index in [0.717, 1.165) is 59.6 Å². The molecule has 4 rings (SSSR count). The minimum atomic E-state index is -4.33. The molecule has 3 aromatic rings. The summed E-state index contributed by atoms with van der Waals surface area (Å²) in [5, 5.41) is 9.61. The Hall–Kier alpha value is -2.93. The number of nitrogens with zero attached hydrogens (tertiary/aromatic N) is 3. The van der Waals surface area contributed by atoms with Crippen molar-refractivity contribution >= 4 is 0 Å². The van der Waals surface area contributed by atoms with Crippen LogP contribution in [0.4, 0.5) is 13.2 Å². The molecule has 1 N–H and O–H groups in total. The number of halogens is 3. The third-order valence-corrected chi connectivity index (χ3v) is 5.30. The first-order chi connectivity index (χ1) is 14.3. The molecule has 2 aromatic carbocycles. The SMILES string of the molecule is Cc1nc2c(c(-c3ccc(O)cc3)n1)CN(Cc1ccc(C(F)(F)F)cc1)CCC2. The fourth-order valence-corrected chi connectivity index (χ4v) is 3.85. The highest BCUT2D eigenvalue weighted by Gasteiger charge is 2.30. The van der Waals surface area contributed by atoms with Gasteiger partial charge in [-0.1, -0.05) is 12.1 Å². The molecule has 2 heterocycles. The number of aromatic hydroxyl groups is 1. The Balaban J connectivity index is 1.62. The summed E-state index contributed by atoms with van der Waals surface area (Å²) in [4.78, 5) is 11.5. The van der Waals surface area contributed by atoms with Crippen molar-refractivity contribution in [2.75, 3.05) is 6.54 Å². The fourth-order valence-electron chi connectivity index (χ4n) is 3.85. The van der Waals surface area contributed by atoms with Crippen LogP contribution in [-0.2, 0) is 25.7 Å². The Morgan fingerprint density at radius 2 is 1.70 bits per heavy atom. The summed E-state index contributed by atoms with van der Waals surface area (Å²) in [6, 6.07) is 12.3. The zero-order chi connectivity index (χ0) is 21.3. The zero-order valence-electron chi connectivity index (χ0n) is 16.6. The highest BCUT2D eigenvalue weighted by molar-refractivity contribution is 5.65. The number of hydrogen-bond donors (Lipinski definition) is 1. The summed E-state index contributed by atoms with van der Waals surface area (Å²) in [7, 11) is 0. The first-order valence-corrected chi connectivity index (χ1v) is 9.84. The molecule has 30 heavy (non-hydrogen) atoms. The maximum atomic E-state index is 12.8. The van der Waals surface area contributed by atoms with E-state index in [9.17, 15) is 18.3 Å². The first-order valence-electron chi connectivity index (χ1n) is 9.84. The normalized spacial score (nSPS) is 14.9. The fraction of sp³-hybridized carbons (Fsp3) is 0.304. The monoisotopic (exact) mass is 413 g/mol. The van der Waals surface area contributed by atoms with Gasteiger partial charge in [-0.2, -0.15) is 13.2 Å². The van der Waals surface area contributed by atoms with E-state index >= 15 is 0 Å². The van der Waals surface area contributed by atoms with E-state index < -0.39 is 11.7 Å². The van der Waals surface area contributed by atoms with E-state index in [4.69, 9.17) is 0 Å². The molecule has 0 saturated heterocycles. The van der Waals surface area contributed by atoms with E-state index in [2.05, 4.69) is 14.9 Å². The van der Waals surface area contributed by atoms with Gasteiger partial charge in [0.15, 0.2) is 0 Å². The van der Waals surface area contributed by atoms with Gasteiger partial charge in [-0.05, 0) is 68.3 Å². The Bertz CT molecular complexity index is 1030. The number of phenols is 1. The van der Waals surface area contributed by atoms with Gasteiger partial charge in [-0.3, -0.25) is 4.90 Å². The van der Waals surface area contributed by atoms with Crippen LogP contribution in [0.3, 0.4) is 0 Å². The minimum absolute atomic E-state index is 0.194. The maximum Gasteiger partial charge on any atom is 0.416 e. The molecule has 0 amide bonds. The minimum Gasteiger partial charge on any atom is -0.508 e. The van der Waals surface area contributed by atoms with Gasteiger partial charge in [-0.15, -0.1) is 0 Å². The lowest BCUT2D eigenvalue weighted by molar-refractivity contribution is -0.137. The van der Waals surface area contributed by atoms with Crippen molar-refractivity contribution in [1.82, 2.24) is 14.9 Å². The molecule has 0 radical (unpaired) electrons. The zero-order valence-corrected chi connectivity index (χ0v) is 16.6. The highest BCUT2D eigenvalue weighted by Crippen LogP contribution is 2.31. The molecule has 1 aliphatic heterocycles. The molecular weight excluding hydrogens is 391 g/mol. The second-order valence-corrected chi connectivity index (χ2v) is 7.60. The molecule has 0 fully saturated rings. The Labute approximate surface area is 173 Å².